The number of amides is 1. The fourth-order valence-electron chi connectivity index (χ4n) is 2.91. The molecule has 6 heteroatoms. The molecule has 26 heavy (non-hydrogen) atoms. The molecule has 1 aliphatic carbocycles. The summed E-state index contributed by atoms with van der Waals surface area (Å²) in [6.45, 7) is 1.85. The molecule has 0 heterocycles. The van der Waals surface area contributed by atoms with E-state index in [0.717, 1.165) is 12.8 Å². The van der Waals surface area contributed by atoms with Gasteiger partial charge >= 0.3 is 0 Å². The molecule has 136 valence electrons. The molecule has 2 aromatic rings. The van der Waals surface area contributed by atoms with E-state index in [0.29, 0.717) is 21.8 Å². The number of para-hydroxylation sites is 1. The predicted octanol–water partition coefficient (Wildman–Crippen LogP) is 4.28. The van der Waals surface area contributed by atoms with E-state index in [2.05, 4.69) is 5.32 Å². The summed E-state index contributed by atoms with van der Waals surface area (Å²) < 4.78 is 14.1. The summed E-state index contributed by atoms with van der Waals surface area (Å²) in [5.41, 5.74) is 1.36. The van der Waals surface area contributed by atoms with E-state index in [9.17, 15) is 14.0 Å². The maximum absolute atomic E-state index is 14.1. The summed E-state index contributed by atoms with van der Waals surface area (Å²) in [5.74, 6) is -0.721. The predicted molar refractivity (Wildman–Crippen MR) is 99.9 cm³/mol. The molecule has 2 aromatic carbocycles. The van der Waals surface area contributed by atoms with Crippen molar-refractivity contribution < 1.29 is 14.0 Å². The normalized spacial score (nSPS) is 13.7. The zero-order chi connectivity index (χ0) is 18.7. The Morgan fingerprint density at radius 3 is 2.58 bits per heavy atom. The van der Waals surface area contributed by atoms with Crippen molar-refractivity contribution in [2.24, 2.45) is 0 Å². The number of hydrogen-bond acceptors (Lipinski definition) is 3. The lowest BCUT2D eigenvalue weighted by Gasteiger charge is -2.22. The van der Waals surface area contributed by atoms with Gasteiger partial charge in [-0.3, -0.25) is 14.5 Å². The molecule has 1 aliphatic rings. The molecule has 1 amide bonds. The number of halogens is 2. The second kappa shape index (κ2) is 7.98. The Kier molecular flexibility index (Phi) is 5.69. The van der Waals surface area contributed by atoms with Crippen LogP contribution in [0.3, 0.4) is 0 Å². The Bertz CT molecular complexity index is 816. The minimum atomic E-state index is -0.370. The molecular formula is C20H20ClFN2O2. The molecule has 1 fully saturated rings. The zero-order valence-corrected chi connectivity index (χ0v) is 15.2. The number of anilines is 1. The standard InChI is InChI=1S/C20H20ClFN2O2/c1-13(25)15-5-2-3-8-19(15)23-20(26)12-24(14-9-10-14)11-16-17(21)6-4-7-18(16)22/h2-8,14H,9-12H2,1H3,(H,23,26). The Morgan fingerprint density at radius 1 is 1.19 bits per heavy atom. The van der Waals surface area contributed by atoms with Crippen LogP contribution in [0.15, 0.2) is 42.5 Å². The molecule has 0 aliphatic heterocycles. The highest BCUT2D eigenvalue weighted by atomic mass is 35.5. The van der Waals surface area contributed by atoms with Crippen LogP contribution in [-0.4, -0.2) is 29.2 Å². The SMILES string of the molecule is CC(=O)c1ccccc1NC(=O)CN(Cc1c(F)cccc1Cl)C1CC1. The molecule has 1 N–H and O–H groups in total. The number of ketones is 1. The largest absolute Gasteiger partial charge is 0.324 e. The quantitative estimate of drug-likeness (QED) is 0.736. The summed E-state index contributed by atoms with van der Waals surface area (Å²) >= 11 is 6.12. The highest BCUT2D eigenvalue weighted by Crippen LogP contribution is 2.30. The van der Waals surface area contributed by atoms with Gasteiger partial charge in [0.1, 0.15) is 5.82 Å². The second-order valence-electron chi connectivity index (χ2n) is 6.49. The van der Waals surface area contributed by atoms with E-state index in [4.69, 9.17) is 11.6 Å². The highest BCUT2D eigenvalue weighted by Gasteiger charge is 2.31. The fraction of sp³-hybridized carbons (Fsp3) is 0.300. The van der Waals surface area contributed by atoms with Crippen LogP contribution in [0.1, 0.15) is 35.7 Å². The smallest absolute Gasteiger partial charge is 0.238 e. The van der Waals surface area contributed by atoms with Gasteiger partial charge in [0, 0.05) is 28.7 Å². The van der Waals surface area contributed by atoms with E-state index in [1.54, 1.807) is 36.4 Å². The van der Waals surface area contributed by atoms with E-state index in [1.807, 2.05) is 4.90 Å². The van der Waals surface area contributed by atoms with Crippen LogP contribution >= 0.6 is 11.6 Å². The minimum Gasteiger partial charge on any atom is -0.324 e. The first-order valence-electron chi connectivity index (χ1n) is 8.52. The molecule has 0 bridgehead atoms. The van der Waals surface area contributed by atoms with Crippen molar-refractivity contribution in [3.05, 3.63) is 64.4 Å². The summed E-state index contributed by atoms with van der Waals surface area (Å²) in [7, 11) is 0. The third-order valence-electron chi connectivity index (χ3n) is 4.41. The van der Waals surface area contributed by atoms with Crippen LogP contribution in [0.2, 0.25) is 5.02 Å². The van der Waals surface area contributed by atoms with Crippen molar-refractivity contribution in [1.29, 1.82) is 0 Å². The van der Waals surface area contributed by atoms with Gasteiger partial charge in [0.15, 0.2) is 5.78 Å². The average molecular weight is 375 g/mol. The van der Waals surface area contributed by atoms with E-state index in [-0.39, 0.29) is 36.6 Å². The first-order chi connectivity index (χ1) is 12.5. The first kappa shape index (κ1) is 18.5. The number of carbonyl (C=O) groups excluding carboxylic acids is 2. The number of hydrogen-bond donors (Lipinski definition) is 1. The fourth-order valence-corrected chi connectivity index (χ4v) is 3.14. The third kappa shape index (κ3) is 4.48. The monoisotopic (exact) mass is 374 g/mol. The van der Waals surface area contributed by atoms with Crippen LogP contribution in [0.25, 0.3) is 0 Å². The molecule has 0 saturated heterocycles. The maximum Gasteiger partial charge on any atom is 0.238 e. The van der Waals surface area contributed by atoms with Crippen molar-refractivity contribution in [2.75, 3.05) is 11.9 Å². The molecule has 4 nitrogen and oxygen atoms in total. The molecule has 3 rings (SSSR count). The molecule has 1 saturated carbocycles. The van der Waals surface area contributed by atoms with Crippen LogP contribution in [0, 0.1) is 5.82 Å². The van der Waals surface area contributed by atoms with Crippen molar-refractivity contribution >= 4 is 29.0 Å². The number of Topliss-reactive ketones (excluding diaryl/α,β-unsaturated/α-hetero) is 1. The van der Waals surface area contributed by atoms with Crippen LogP contribution in [-0.2, 0) is 11.3 Å². The van der Waals surface area contributed by atoms with Gasteiger partial charge in [0.05, 0.1) is 12.2 Å². The van der Waals surface area contributed by atoms with Crippen LogP contribution < -0.4 is 5.32 Å². The van der Waals surface area contributed by atoms with Gasteiger partial charge in [0.2, 0.25) is 5.91 Å². The topological polar surface area (TPSA) is 49.4 Å². The lowest BCUT2D eigenvalue weighted by Crippen LogP contribution is -2.35. The molecule has 0 atom stereocenters. The minimum absolute atomic E-state index is 0.113. The summed E-state index contributed by atoms with van der Waals surface area (Å²) in [4.78, 5) is 26.1. The average Bonchev–Trinajstić information content (AvgIpc) is 3.42. The summed E-state index contributed by atoms with van der Waals surface area (Å²) in [6.07, 6.45) is 1.95. The van der Waals surface area contributed by atoms with Crippen molar-refractivity contribution in [3.63, 3.8) is 0 Å². The van der Waals surface area contributed by atoms with Gasteiger partial charge in [-0.1, -0.05) is 29.8 Å². The lowest BCUT2D eigenvalue weighted by molar-refractivity contribution is -0.117. The number of carbonyl (C=O) groups is 2. The molecule has 0 aromatic heterocycles. The highest BCUT2D eigenvalue weighted by molar-refractivity contribution is 6.31. The third-order valence-corrected chi connectivity index (χ3v) is 4.77. The van der Waals surface area contributed by atoms with E-state index < -0.39 is 0 Å². The molecule has 0 radical (unpaired) electrons. The maximum atomic E-state index is 14.1. The number of rotatable bonds is 7. The van der Waals surface area contributed by atoms with Gasteiger partial charge < -0.3 is 5.32 Å². The van der Waals surface area contributed by atoms with Gasteiger partial charge in [-0.05, 0) is 44.0 Å². The molecular weight excluding hydrogens is 355 g/mol. The molecule has 0 spiro atoms. The zero-order valence-electron chi connectivity index (χ0n) is 14.5. The van der Waals surface area contributed by atoms with Crippen molar-refractivity contribution in [1.82, 2.24) is 4.90 Å². The Balaban J connectivity index is 1.71. The number of nitrogens with zero attached hydrogens (tertiary/aromatic N) is 1. The van der Waals surface area contributed by atoms with E-state index in [1.165, 1.54) is 13.0 Å². The van der Waals surface area contributed by atoms with Crippen LogP contribution in [0.5, 0.6) is 0 Å². The molecule has 0 unspecified atom stereocenters. The van der Waals surface area contributed by atoms with Gasteiger partial charge in [-0.25, -0.2) is 4.39 Å². The van der Waals surface area contributed by atoms with Crippen molar-refractivity contribution in [3.8, 4) is 0 Å². The second-order valence-corrected chi connectivity index (χ2v) is 6.89. The van der Waals surface area contributed by atoms with Crippen molar-refractivity contribution in [2.45, 2.75) is 32.4 Å². The van der Waals surface area contributed by atoms with E-state index >= 15 is 0 Å². The summed E-state index contributed by atoms with van der Waals surface area (Å²) in [6, 6.07) is 11.7. The first-order valence-corrected chi connectivity index (χ1v) is 8.90. The Hall–Kier alpha value is -2.24. The van der Waals surface area contributed by atoms with Gasteiger partial charge in [-0.2, -0.15) is 0 Å². The van der Waals surface area contributed by atoms with Gasteiger partial charge in [-0.15, -0.1) is 0 Å². The Morgan fingerprint density at radius 2 is 1.92 bits per heavy atom. The number of benzene rings is 2. The number of nitrogens with one attached hydrogen (secondary N) is 1. The van der Waals surface area contributed by atoms with Crippen LogP contribution in [0.4, 0.5) is 10.1 Å². The summed E-state index contributed by atoms with van der Waals surface area (Å²) in [5, 5.41) is 3.15. The Labute approximate surface area is 157 Å². The van der Waals surface area contributed by atoms with Gasteiger partial charge in [0.25, 0.3) is 0 Å². The lowest BCUT2D eigenvalue weighted by atomic mass is 10.1.